The summed E-state index contributed by atoms with van der Waals surface area (Å²) in [5.41, 5.74) is 9.10. The fourth-order valence-electron chi connectivity index (χ4n) is 3.41. The van der Waals surface area contributed by atoms with Gasteiger partial charge in [0.25, 0.3) is 5.56 Å². The van der Waals surface area contributed by atoms with Gasteiger partial charge in [0, 0.05) is 17.5 Å². The van der Waals surface area contributed by atoms with Crippen LogP contribution >= 0.6 is 11.8 Å². The summed E-state index contributed by atoms with van der Waals surface area (Å²) in [6.07, 6.45) is 2.03. The van der Waals surface area contributed by atoms with Crippen molar-refractivity contribution in [2.75, 3.05) is 12.0 Å². The summed E-state index contributed by atoms with van der Waals surface area (Å²) < 4.78 is 3.18. The van der Waals surface area contributed by atoms with Crippen LogP contribution in [0.1, 0.15) is 25.3 Å². The Labute approximate surface area is 173 Å². The Balaban J connectivity index is 2.03. The van der Waals surface area contributed by atoms with Crippen molar-refractivity contribution < 1.29 is 0 Å². The molecule has 6 nitrogen and oxygen atoms in total. The fraction of sp³-hybridized carbons (Fsp3) is 0.227. The molecule has 2 aromatic carbocycles. The van der Waals surface area contributed by atoms with E-state index in [1.807, 2.05) is 54.8 Å². The van der Waals surface area contributed by atoms with Crippen molar-refractivity contribution in [1.82, 2.24) is 19.3 Å². The third kappa shape index (κ3) is 3.31. The second kappa shape index (κ2) is 7.40. The molecule has 0 aliphatic carbocycles. The van der Waals surface area contributed by atoms with Gasteiger partial charge >= 0.3 is 0 Å². The Morgan fingerprint density at radius 3 is 2.28 bits per heavy atom. The van der Waals surface area contributed by atoms with Gasteiger partial charge in [-0.1, -0.05) is 38.1 Å². The highest BCUT2D eigenvalue weighted by Crippen LogP contribution is 2.26. The average molecular weight is 406 g/mol. The number of fused-ring (bicyclic) bond motifs is 1. The van der Waals surface area contributed by atoms with Crippen LogP contribution in [0.3, 0.4) is 0 Å². The van der Waals surface area contributed by atoms with Crippen molar-refractivity contribution in [2.45, 2.75) is 24.7 Å². The van der Waals surface area contributed by atoms with E-state index in [0.29, 0.717) is 22.8 Å². The van der Waals surface area contributed by atoms with E-state index in [0.717, 1.165) is 16.1 Å². The summed E-state index contributed by atoms with van der Waals surface area (Å²) >= 11 is 1.67. The van der Waals surface area contributed by atoms with Gasteiger partial charge in [0.15, 0.2) is 11.5 Å². The fourth-order valence-corrected chi connectivity index (χ4v) is 3.82. The van der Waals surface area contributed by atoms with Gasteiger partial charge in [-0.2, -0.15) is 5.10 Å². The van der Waals surface area contributed by atoms with Crippen LogP contribution in [0.25, 0.3) is 28.1 Å². The molecule has 0 saturated carbocycles. The first-order valence-corrected chi connectivity index (χ1v) is 10.6. The van der Waals surface area contributed by atoms with Gasteiger partial charge in [0.05, 0.1) is 5.69 Å². The zero-order chi connectivity index (χ0) is 20.7. The minimum absolute atomic E-state index is 0.192. The van der Waals surface area contributed by atoms with Gasteiger partial charge in [0.2, 0.25) is 0 Å². The van der Waals surface area contributed by atoms with E-state index in [4.69, 9.17) is 10.7 Å². The first-order chi connectivity index (χ1) is 13.9. The Morgan fingerprint density at radius 2 is 1.69 bits per heavy atom. The number of hydrogen-bond donors (Lipinski definition) is 1. The molecule has 0 spiro atoms. The summed E-state index contributed by atoms with van der Waals surface area (Å²) in [4.78, 5) is 19.4. The van der Waals surface area contributed by atoms with E-state index >= 15 is 0 Å². The van der Waals surface area contributed by atoms with Crippen molar-refractivity contribution in [3.05, 3.63) is 64.4 Å². The topological polar surface area (TPSA) is 78.7 Å². The summed E-state index contributed by atoms with van der Waals surface area (Å²) in [6, 6.07) is 16.0. The molecular formula is C22H23N5OS. The Hall–Kier alpha value is -3.06. The molecule has 0 aliphatic heterocycles. The molecule has 0 amide bonds. The van der Waals surface area contributed by atoms with E-state index in [2.05, 4.69) is 18.9 Å². The van der Waals surface area contributed by atoms with Gasteiger partial charge < -0.3 is 5.73 Å². The molecule has 4 rings (SSSR count). The van der Waals surface area contributed by atoms with Gasteiger partial charge in [-0.15, -0.1) is 11.8 Å². The van der Waals surface area contributed by atoms with Crippen LogP contribution in [-0.2, 0) is 7.05 Å². The number of benzene rings is 2. The van der Waals surface area contributed by atoms with Gasteiger partial charge in [-0.05, 0) is 42.0 Å². The van der Waals surface area contributed by atoms with Gasteiger partial charge in [0.1, 0.15) is 11.2 Å². The molecule has 0 bridgehead atoms. The molecule has 4 aromatic rings. The van der Waals surface area contributed by atoms with Crippen molar-refractivity contribution in [2.24, 2.45) is 7.05 Å². The van der Waals surface area contributed by atoms with E-state index in [9.17, 15) is 4.79 Å². The standard InChI is InChI=1S/C22H23N5OS/c1-13(2)14-5-9-16(10-6-14)27-20(15-7-11-17(29-4)12-8-15)24-21-18(22(27)28)19(23)25-26(21)3/h5-13H,1-4H3,(H2,23,25). The molecule has 2 N–H and O–H groups in total. The number of nitrogens with two attached hydrogens (primary N) is 1. The second-order valence-electron chi connectivity index (χ2n) is 7.26. The predicted octanol–water partition coefficient (Wildman–Crippen LogP) is 4.21. The quantitative estimate of drug-likeness (QED) is 0.515. The third-order valence-electron chi connectivity index (χ3n) is 5.05. The van der Waals surface area contributed by atoms with Crippen LogP contribution in [0, 0.1) is 0 Å². The third-order valence-corrected chi connectivity index (χ3v) is 5.79. The molecule has 2 aromatic heterocycles. The normalized spacial score (nSPS) is 11.5. The van der Waals surface area contributed by atoms with Crippen LogP contribution in [-0.4, -0.2) is 25.6 Å². The molecule has 7 heteroatoms. The van der Waals surface area contributed by atoms with Crippen LogP contribution in [0.5, 0.6) is 0 Å². The van der Waals surface area contributed by atoms with Gasteiger partial charge in [-0.3, -0.25) is 9.36 Å². The molecule has 0 fully saturated rings. The van der Waals surface area contributed by atoms with Crippen molar-refractivity contribution >= 4 is 28.6 Å². The number of nitrogens with zero attached hydrogens (tertiary/aromatic N) is 4. The summed E-state index contributed by atoms with van der Waals surface area (Å²) in [5, 5.41) is 4.54. The largest absolute Gasteiger partial charge is 0.381 e. The SMILES string of the molecule is CSc1ccc(-c2nc3c(c(N)nn3C)c(=O)n2-c2ccc(C(C)C)cc2)cc1. The van der Waals surface area contributed by atoms with E-state index in [1.165, 1.54) is 5.56 Å². The Kier molecular flexibility index (Phi) is 4.92. The molecule has 0 unspecified atom stereocenters. The highest BCUT2D eigenvalue weighted by Gasteiger charge is 2.19. The number of hydrogen-bond acceptors (Lipinski definition) is 5. The molecule has 2 heterocycles. The molecule has 0 atom stereocenters. The first-order valence-electron chi connectivity index (χ1n) is 9.40. The second-order valence-corrected chi connectivity index (χ2v) is 8.14. The van der Waals surface area contributed by atoms with Crippen LogP contribution in [0.2, 0.25) is 0 Å². The Morgan fingerprint density at radius 1 is 1.03 bits per heavy atom. The van der Waals surface area contributed by atoms with Crippen molar-refractivity contribution in [1.29, 1.82) is 0 Å². The maximum absolute atomic E-state index is 13.5. The number of anilines is 1. The Bertz CT molecular complexity index is 1240. The molecule has 0 aliphatic rings. The lowest BCUT2D eigenvalue weighted by Crippen LogP contribution is -2.22. The van der Waals surface area contributed by atoms with Crippen LogP contribution < -0.4 is 11.3 Å². The lowest BCUT2D eigenvalue weighted by Gasteiger charge is -2.14. The van der Waals surface area contributed by atoms with Crippen molar-refractivity contribution in [3.63, 3.8) is 0 Å². The van der Waals surface area contributed by atoms with E-state index < -0.39 is 0 Å². The highest BCUT2D eigenvalue weighted by molar-refractivity contribution is 7.98. The summed E-state index contributed by atoms with van der Waals surface area (Å²) in [7, 11) is 1.74. The molecular weight excluding hydrogens is 382 g/mol. The molecule has 0 saturated heterocycles. The van der Waals surface area contributed by atoms with E-state index in [-0.39, 0.29) is 11.4 Å². The maximum atomic E-state index is 13.5. The summed E-state index contributed by atoms with van der Waals surface area (Å²) in [6.45, 7) is 4.29. The minimum atomic E-state index is -0.221. The smallest absolute Gasteiger partial charge is 0.271 e. The molecule has 29 heavy (non-hydrogen) atoms. The zero-order valence-electron chi connectivity index (χ0n) is 16.9. The number of aryl methyl sites for hydroxylation is 1. The summed E-state index contributed by atoms with van der Waals surface area (Å²) in [5.74, 6) is 1.17. The lowest BCUT2D eigenvalue weighted by atomic mass is 10.0. The zero-order valence-corrected chi connectivity index (χ0v) is 17.7. The van der Waals surface area contributed by atoms with Crippen molar-refractivity contribution in [3.8, 4) is 17.1 Å². The molecule has 0 radical (unpaired) electrons. The average Bonchev–Trinajstić information content (AvgIpc) is 3.01. The number of thioether (sulfide) groups is 1. The number of rotatable bonds is 4. The first kappa shape index (κ1) is 19.3. The molecule has 148 valence electrons. The minimum Gasteiger partial charge on any atom is -0.381 e. The maximum Gasteiger partial charge on any atom is 0.271 e. The monoisotopic (exact) mass is 405 g/mol. The highest BCUT2D eigenvalue weighted by atomic mass is 32.2. The lowest BCUT2D eigenvalue weighted by molar-refractivity contribution is 0.788. The van der Waals surface area contributed by atoms with Crippen LogP contribution in [0.15, 0.2) is 58.2 Å². The number of nitrogen functional groups attached to an aromatic ring is 1. The van der Waals surface area contributed by atoms with Crippen LogP contribution in [0.4, 0.5) is 5.82 Å². The number of aromatic nitrogens is 4. The van der Waals surface area contributed by atoms with Gasteiger partial charge in [-0.25, -0.2) is 9.67 Å². The van der Waals surface area contributed by atoms with E-state index in [1.54, 1.807) is 28.1 Å². The predicted molar refractivity (Wildman–Crippen MR) is 120 cm³/mol.